The van der Waals surface area contributed by atoms with Gasteiger partial charge in [-0.1, -0.05) is 12.1 Å². The minimum Gasteiger partial charge on any atom is -0.497 e. The highest BCUT2D eigenvalue weighted by Gasteiger charge is 2.04. The molecular formula is C19H19NO3. The van der Waals surface area contributed by atoms with Crippen LogP contribution in [0, 0.1) is 0 Å². The van der Waals surface area contributed by atoms with Crippen LogP contribution < -0.4 is 14.8 Å². The Kier molecular flexibility index (Phi) is 4.24. The summed E-state index contributed by atoms with van der Waals surface area (Å²) in [4.78, 5) is 0. The monoisotopic (exact) mass is 309 g/mol. The van der Waals surface area contributed by atoms with Crippen molar-refractivity contribution in [1.82, 2.24) is 0 Å². The fourth-order valence-electron chi connectivity index (χ4n) is 2.44. The van der Waals surface area contributed by atoms with E-state index in [0.717, 1.165) is 39.5 Å². The van der Waals surface area contributed by atoms with Crippen LogP contribution >= 0.6 is 0 Å². The summed E-state index contributed by atoms with van der Waals surface area (Å²) in [6.45, 7) is 0. The summed E-state index contributed by atoms with van der Waals surface area (Å²) in [5.41, 5.74) is 2.81. The van der Waals surface area contributed by atoms with Crippen LogP contribution in [0.15, 0.2) is 46.9 Å². The van der Waals surface area contributed by atoms with Gasteiger partial charge in [-0.2, -0.15) is 0 Å². The van der Waals surface area contributed by atoms with E-state index < -0.39 is 0 Å². The average molecular weight is 309 g/mol. The van der Waals surface area contributed by atoms with E-state index in [9.17, 15) is 0 Å². The van der Waals surface area contributed by atoms with Crippen LogP contribution in [-0.4, -0.2) is 21.3 Å². The third-order valence-electron chi connectivity index (χ3n) is 3.68. The number of methoxy groups -OCH3 is 2. The molecule has 1 aromatic heterocycles. The number of hydrogen-bond donors (Lipinski definition) is 1. The van der Waals surface area contributed by atoms with Crippen LogP contribution in [0.1, 0.15) is 11.3 Å². The van der Waals surface area contributed by atoms with Crippen molar-refractivity contribution in [2.75, 3.05) is 26.6 Å². The van der Waals surface area contributed by atoms with E-state index in [1.165, 1.54) is 0 Å². The van der Waals surface area contributed by atoms with Crippen molar-refractivity contribution in [3.05, 3.63) is 53.8 Å². The highest BCUT2D eigenvalue weighted by atomic mass is 16.5. The van der Waals surface area contributed by atoms with Gasteiger partial charge in [0, 0.05) is 18.5 Å². The van der Waals surface area contributed by atoms with Crippen molar-refractivity contribution < 1.29 is 13.9 Å². The maximum absolute atomic E-state index is 5.82. The van der Waals surface area contributed by atoms with E-state index in [2.05, 4.69) is 5.32 Å². The van der Waals surface area contributed by atoms with Crippen LogP contribution in [0.2, 0.25) is 0 Å². The van der Waals surface area contributed by atoms with Gasteiger partial charge in [-0.3, -0.25) is 0 Å². The zero-order valence-corrected chi connectivity index (χ0v) is 13.4. The molecule has 0 unspecified atom stereocenters. The molecule has 118 valence electrons. The molecule has 1 N–H and O–H groups in total. The molecule has 0 amide bonds. The lowest BCUT2D eigenvalue weighted by atomic mass is 10.1. The third kappa shape index (κ3) is 3.16. The predicted octanol–water partition coefficient (Wildman–Crippen LogP) is 4.66. The minimum atomic E-state index is 0.787. The molecule has 0 fully saturated rings. The Balaban J connectivity index is 1.87. The van der Waals surface area contributed by atoms with E-state index in [1.807, 2.05) is 61.7 Å². The van der Waals surface area contributed by atoms with Crippen molar-refractivity contribution in [3.63, 3.8) is 0 Å². The second kappa shape index (κ2) is 6.48. The quantitative estimate of drug-likeness (QED) is 0.744. The molecule has 0 saturated carbocycles. The summed E-state index contributed by atoms with van der Waals surface area (Å²) in [6.07, 6.45) is 3.94. The first kappa shape index (κ1) is 15.0. The summed E-state index contributed by atoms with van der Waals surface area (Å²) >= 11 is 0. The van der Waals surface area contributed by atoms with Gasteiger partial charge in [0.25, 0.3) is 0 Å². The van der Waals surface area contributed by atoms with Crippen LogP contribution in [0.4, 0.5) is 5.69 Å². The van der Waals surface area contributed by atoms with E-state index in [0.29, 0.717) is 0 Å². The lowest BCUT2D eigenvalue weighted by molar-refractivity contribution is 0.414. The number of benzene rings is 2. The van der Waals surface area contributed by atoms with Crippen LogP contribution in [0.3, 0.4) is 0 Å². The Labute approximate surface area is 135 Å². The number of anilines is 1. The Bertz CT molecular complexity index is 849. The average Bonchev–Trinajstić information content (AvgIpc) is 3.01. The SMILES string of the molecule is CNc1ccc(C=Cc2cc3ccc(OC)cc3o2)cc1OC. The lowest BCUT2D eigenvalue weighted by Crippen LogP contribution is -1.93. The van der Waals surface area contributed by atoms with Gasteiger partial charge in [-0.15, -0.1) is 0 Å². The van der Waals surface area contributed by atoms with Crippen LogP contribution in [0.25, 0.3) is 23.1 Å². The smallest absolute Gasteiger partial charge is 0.142 e. The Morgan fingerprint density at radius 1 is 0.957 bits per heavy atom. The molecule has 0 saturated heterocycles. The number of rotatable bonds is 5. The second-order valence-corrected chi connectivity index (χ2v) is 5.10. The molecule has 0 bridgehead atoms. The summed E-state index contributed by atoms with van der Waals surface area (Å²) in [6, 6.07) is 13.8. The Morgan fingerprint density at radius 2 is 1.83 bits per heavy atom. The van der Waals surface area contributed by atoms with Gasteiger partial charge in [-0.25, -0.2) is 0 Å². The van der Waals surface area contributed by atoms with E-state index in [4.69, 9.17) is 13.9 Å². The van der Waals surface area contributed by atoms with E-state index >= 15 is 0 Å². The largest absolute Gasteiger partial charge is 0.497 e. The molecule has 4 heteroatoms. The molecule has 1 heterocycles. The maximum atomic E-state index is 5.82. The topological polar surface area (TPSA) is 43.6 Å². The molecule has 0 aliphatic heterocycles. The first-order valence-corrected chi connectivity index (χ1v) is 7.35. The fraction of sp³-hybridized carbons (Fsp3) is 0.158. The van der Waals surface area contributed by atoms with Crippen molar-refractivity contribution in [3.8, 4) is 11.5 Å². The lowest BCUT2D eigenvalue weighted by Gasteiger charge is -2.08. The second-order valence-electron chi connectivity index (χ2n) is 5.10. The van der Waals surface area contributed by atoms with E-state index in [1.54, 1.807) is 14.2 Å². The van der Waals surface area contributed by atoms with Crippen molar-refractivity contribution in [1.29, 1.82) is 0 Å². The molecule has 4 nitrogen and oxygen atoms in total. The number of hydrogen-bond acceptors (Lipinski definition) is 4. The molecule has 2 aromatic carbocycles. The number of fused-ring (bicyclic) bond motifs is 1. The number of ether oxygens (including phenoxy) is 2. The molecule has 3 rings (SSSR count). The minimum absolute atomic E-state index is 0.787. The van der Waals surface area contributed by atoms with Crippen molar-refractivity contribution >= 4 is 28.8 Å². The zero-order valence-electron chi connectivity index (χ0n) is 13.4. The normalized spacial score (nSPS) is 11.1. The molecule has 0 aliphatic carbocycles. The fourth-order valence-corrected chi connectivity index (χ4v) is 2.44. The van der Waals surface area contributed by atoms with Gasteiger partial charge >= 0.3 is 0 Å². The third-order valence-corrected chi connectivity index (χ3v) is 3.68. The number of furan rings is 1. The molecule has 23 heavy (non-hydrogen) atoms. The zero-order chi connectivity index (χ0) is 16.2. The molecule has 0 radical (unpaired) electrons. The van der Waals surface area contributed by atoms with Gasteiger partial charge in [0.15, 0.2) is 0 Å². The van der Waals surface area contributed by atoms with E-state index in [-0.39, 0.29) is 0 Å². The molecule has 0 aliphatic rings. The number of nitrogens with one attached hydrogen (secondary N) is 1. The summed E-state index contributed by atoms with van der Waals surface area (Å²) < 4.78 is 16.4. The van der Waals surface area contributed by atoms with Gasteiger partial charge in [-0.05, 0) is 42.0 Å². The first-order chi connectivity index (χ1) is 11.2. The van der Waals surface area contributed by atoms with Gasteiger partial charge < -0.3 is 19.2 Å². The molecule has 3 aromatic rings. The Hall–Kier alpha value is -2.88. The van der Waals surface area contributed by atoms with Gasteiger partial charge in [0.05, 0.1) is 19.9 Å². The van der Waals surface area contributed by atoms with Gasteiger partial charge in [0.1, 0.15) is 22.8 Å². The van der Waals surface area contributed by atoms with Crippen LogP contribution in [0.5, 0.6) is 11.5 Å². The molecule has 0 atom stereocenters. The first-order valence-electron chi connectivity index (χ1n) is 7.35. The van der Waals surface area contributed by atoms with Crippen molar-refractivity contribution in [2.45, 2.75) is 0 Å². The summed E-state index contributed by atoms with van der Waals surface area (Å²) in [5, 5.41) is 4.15. The van der Waals surface area contributed by atoms with Crippen LogP contribution in [-0.2, 0) is 0 Å². The Morgan fingerprint density at radius 3 is 2.57 bits per heavy atom. The van der Waals surface area contributed by atoms with Gasteiger partial charge in [0.2, 0.25) is 0 Å². The summed E-state index contributed by atoms with van der Waals surface area (Å²) in [5.74, 6) is 2.39. The highest BCUT2D eigenvalue weighted by molar-refractivity contribution is 5.83. The maximum Gasteiger partial charge on any atom is 0.142 e. The standard InChI is InChI=1S/C19H19NO3/c1-20-17-9-5-13(10-19(17)22-3)4-7-16-11-14-6-8-15(21-2)12-18(14)23-16/h4-12,20H,1-3H3. The highest BCUT2D eigenvalue weighted by Crippen LogP contribution is 2.27. The summed E-state index contributed by atoms with van der Waals surface area (Å²) in [7, 11) is 5.18. The van der Waals surface area contributed by atoms with Crippen molar-refractivity contribution in [2.24, 2.45) is 0 Å². The molecular weight excluding hydrogens is 290 g/mol. The molecule has 0 spiro atoms. The predicted molar refractivity (Wildman–Crippen MR) is 94.2 cm³/mol.